The molecule has 0 aliphatic carbocycles. The zero-order chi connectivity index (χ0) is 12.1. The van der Waals surface area contributed by atoms with E-state index in [1.807, 2.05) is 6.92 Å². The minimum atomic E-state index is -0.169. The first-order valence-electron chi connectivity index (χ1n) is 4.97. The van der Waals surface area contributed by atoms with E-state index in [1.54, 1.807) is 26.2 Å². The first kappa shape index (κ1) is 12.9. The Morgan fingerprint density at radius 3 is 2.88 bits per heavy atom. The number of hydrogen-bond acceptors (Lipinski definition) is 3. The van der Waals surface area contributed by atoms with Crippen molar-refractivity contribution in [1.29, 1.82) is 0 Å². The second-order valence-electron chi connectivity index (χ2n) is 3.65. The van der Waals surface area contributed by atoms with Gasteiger partial charge in [0.05, 0.1) is 6.61 Å². The van der Waals surface area contributed by atoms with E-state index < -0.39 is 0 Å². The van der Waals surface area contributed by atoms with Crippen LogP contribution in [0, 0.1) is 6.92 Å². The average molecular weight is 243 g/mol. The van der Waals surface area contributed by atoms with Crippen molar-refractivity contribution < 1.29 is 9.53 Å². The molecule has 1 amide bonds. The molecule has 0 bridgehead atoms. The van der Waals surface area contributed by atoms with E-state index in [1.165, 1.54) is 0 Å². The first-order valence-corrected chi connectivity index (χ1v) is 5.34. The van der Waals surface area contributed by atoms with Gasteiger partial charge in [-0.15, -0.1) is 0 Å². The zero-order valence-electron chi connectivity index (χ0n) is 9.58. The molecule has 1 N–H and O–H groups in total. The van der Waals surface area contributed by atoms with E-state index in [2.05, 4.69) is 10.3 Å². The molecule has 0 radical (unpaired) electrons. The van der Waals surface area contributed by atoms with Gasteiger partial charge in [0.2, 0.25) is 0 Å². The maximum atomic E-state index is 11.8. The van der Waals surface area contributed by atoms with Gasteiger partial charge in [0, 0.05) is 24.4 Å². The number of carbonyl (C=O) groups is 1. The van der Waals surface area contributed by atoms with Gasteiger partial charge in [-0.2, -0.15) is 0 Å². The lowest BCUT2D eigenvalue weighted by Crippen LogP contribution is -2.35. The number of halogens is 1. The summed E-state index contributed by atoms with van der Waals surface area (Å²) in [6.45, 7) is 4.14. The summed E-state index contributed by atoms with van der Waals surface area (Å²) in [5, 5.41) is 3.12. The van der Waals surface area contributed by atoms with Gasteiger partial charge in [0.25, 0.3) is 5.91 Å². The molecule has 0 aromatic carbocycles. The Hall–Kier alpha value is -1.13. The summed E-state index contributed by atoms with van der Waals surface area (Å²) in [7, 11) is 1.59. The SMILES string of the molecule is COCC(C)NC(=O)c1cc(C)nc(Cl)c1. The van der Waals surface area contributed by atoms with E-state index in [9.17, 15) is 4.79 Å². The van der Waals surface area contributed by atoms with Gasteiger partial charge in [0.1, 0.15) is 5.15 Å². The molecular formula is C11H15ClN2O2. The summed E-state index contributed by atoms with van der Waals surface area (Å²) in [4.78, 5) is 15.8. The van der Waals surface area contributed by atoms with E-state index in [0.29, 0.717) is 17.3 Å². The number of aryl methyl sites for hydroxylation is 1. The van der Waals surface area contributed by atoms with Gasteiger partial charge in [-0.25, -0.2) is 4.98 Å². The number of rotatable bonds is 4. The van der Waals surface area contributed by atoms with Gasteiger partial charge in [-0.3, -0.25) is 4.79 Å². The monoisotopic (exact) mass is 242 g/mol. The topological polar surface area (TPSA) is 51.2 Å². The second kappa shape index (κ2) is 5.82. The van der Waals surface area contributed by atoms with Crippen LogP contribution in [-0.2, 0) is 4.74 Å². The third-order valence-electron chi connectivity index (χ3n) is 1.98. The number of pyridine rings is 1. The van der Waals surface area contributed by atoms with Crippen molar-refractivity contribution in [3.8, 4) is 0 Å². The van der Waals surface area contributed by atoms with Crippen LogP contribution < -0.4 is 5.32 Å². The van der Waals surface area contributed by atoms with E-state index in [4.69, 9.17) is 16.3 Å². The second-order valence-corrected chi connectivity index (χ2v) is 4.04. The molecule has 1 aromatic rings. The van der Waals surface area contributed by atoms with E-state index in [-0.39, 0.29) is 11.9 Å². The van der Waals surface area contributed by atoms with Gasteiger partial charge in [0.15, 0.2) is 0 Å². The van der Waals surface area contributed by atoms with Crippen molar-refractivity contribution in [3.05, 3.63) is 28.5 Å². The third-order valence-corrected chi connectivity index (χ3v) is 2.17. The minimum Gasteiger partial charge on any atom is -0.383 e. The Morgan fingerprint density at radius 2 is 2.31 bits per heavy atom. The zero-order valence-corrected chi connectivity index (χ0v) is 10.3. The molecule has 1 unspecified atom stereocenters. The van der Waals surface area contributed by atoms with Crippen LogP contribution >= 0.6 is 11.6 Å². The number of nitrogens with zero attached hydrogens (tertiary/aromatic N) is 1. The number of methoxy groups -OCH3 is 1. The highest BCUT2D eigenvalue weighted by molar-refractivity contribution is 6.29. The molecule has 0 aliphatic rings. The molecule has 1 aromatic heterocycles. The smallest absolute Gasteiger partial charge is 0.251 e. The third kappa shape index (κ3) is 3.79. The Balaban J connectivity index is 2.72. The average Bonchev–Trinajstić information content (AvgIpc) is 2.16. The minimum absolute atomic E-state index is 0.0373. The molecule has 1 atom stereocenters. The molecule has 0 spiro atoms. The maximum Gasteiger partial charge on any atom is 0.251 e. The fourth-order valence-corrected chi connectivity index (χ4v) is 1.61. The molecule has 1 rings (SSSR count). The van der Waals surface area contributed by atoms with E-state index in [0.717, 1.165) is 5.69 Å². The van der Waals surface area contributed by atoms with Crippen LogP contribution in [0.2, 0.25) is 5.15 Å². The number of carbonyl (C=O) groups excluding carboxylic acids is 1. The highest BCUT2D eigenvalue weighted by Crippen LogP contribution is 2.10. The molecule has 0 fully saturated rings. The van der Waals surface area contributed by atoms with Crippen molar-refractivity contribution >= 4 is 17.5 Å². The fraction of sp³-hybridized carbons (Fsp3) is 0.455. The van der Waals surface area contributed by atoms with Crippen molar-refractivity contribution in [2.75, 3.05) is 13.7 Å². The van der Waals surface area contributed by atoms with Crippen LogP contribution in [-0.4, -0.2) is 30.6 Å². The molecule has 16 heavy (non-hydrogen) atoms. The van der Waals surface area contributed by atoms with Crippen LogP contribution in [0.15, 0.2) is 12.1 Å². The predicted octanol–water partition coefficient (Wildman–Crippen LogP) is 1.81. The number of aromatic nitrogens is 1. The van der Waals surface area contributed by atoms with Crippen molar-refractivity contribution in [1.82, 2.24) is 10.3 Å². The number of hydrogen-bond donors (Lipinski definition) is 1. The molecular weight excluding hydrogens is 228 g/mol. The normalized spacial score (nSPS) is 12.2. The predicted molar refractivity (Wildman–Crippen MR) is 62.8 cm³/mol. The van der Waals surface area contributed by atoms with Gasteiger partial charge in [-0.05, 0) is 26.0 Å². The lowest BCUT2D eigenvalue weighted by atomic mass is 10.2. The summed E-state index contributed by atoms with van der Waals surface area (Å²) >= 11 is 5.78. The summed E-state index contributed by atoms with van der Waals surface area (Å²) in [5.74, 6) is -0.169. The number of ether oxygens (including phenoxy) is 1. The highest BCUT2D eigenvalue weighted by Gasteiger charge is 2.10. The first-order chi connectivity index (χ1) is 7.52. The Kier molecular flexibility index (Phi) is 4.71. The van der Waals surface area contributed by atoms with Crippen molar-refractivity contribution in [2.45, 2.75) is 19.9 Å². The summed E-state index contributed by atoms with van der Waals surface area (Å²) in [5.41, 5.74) is 1.23. The Labute approximate surface area is 100.0 Å². The Morgan fingerprint density at radius 1 is 1.62 bits per heavy atom. The highest BCUT2D eigenvalue weighted by atomic mass is 35.5. The fourth-order valence-electron chi connectivity index (χ4n) is 1.36. The number of amides is 1. The molecule has 0 saturated heterocycles. The quantitative estimate of drug-likeness (QED) is 0.820. The summed E-state index contributed by atoms with van der Waals surface area (Å²) < 4.78 is 4.93. The van der Waals surface area contributed by atoms with Crippen LogP contribution in [0.3, 0.4) is 0 Å². The standard InChI is InChI=1S/C11H15ClN2O2/c1-7-4-9(5-10(12)13-7)11(15)14-8(2)6-16-3/h4-5,8H,6H2,1-3H3,(H,14,15). The van der Waals surface area contributed by atoms with Crippen LogP contribution in [0.5, 0.6) is 0 Å². The lowest BCUT2D eigenvalue weighted by molar-refractivity contribution is 0.0905. The van der Waals surface area contributed by atoms with Crippen LogP contribution in [0.4, 0.5) is 0 Å². The van der Waals surface area contributed by atoms with Crippen LogP contribution in [0.25, 0.3) is 0 Å². The lowest BCUT2D eigenvalue weighted by Gasteiger charge is -2.12. The Bertz CT molecular complexity index is 362. The summed E-state index contributed by atoms with van der Waals surface area (Å²) in [6.07, 6.45) is 0. The molecule has 5 heteroatoms. The summed E-state index contributed by atoms with van der Waals surface area (Å²) in [6, 6.07) is 3.20. The largest absolute Gasteiger partial charge is 0.383 e. The molecule has 4 nitrogen and oxygen atoms in total. The van der Waals surface area contributed by atoms with E-state index >= 15 is 0 Å². The van der Waals surface area contributed by atoms with Gasteiger partial charge < -0.3 is 10.1 Å². The molecule has 88 valence electrons. The van der Waals surface area contributed by atoms with Crippen molar-refractivity contribution in [3.63, 3.8) is 0 Å². The van der Waals surface area contributed by atoms with Gasteiger partial charge in [-0.1, -0.05) is 11.6 Å². The van der Waals surface area contributed by atoms with Crippen LogP contribution in [0.1, 0.15) is 23.0 Å². The maximum absolute atomic E-state index is 11.8. The molecule has 1 heterocycles. The molecule has 0 aliphatic heterocycles. The van der Waals surface area contributed by atoms with Gasteiger partial charge >= 0.3 is 0 Å². The molecule has 0 saturated carbocycles. The van der Waals surface area contributed by atoms with Crippen molar-refractivity contribution in [2.24, 2.45) is 0 Å². The number of nitrogens with one attached hydrogen (secondary N) is 1.